The van der Waals surface area contributed by atoms with Gasteiger partial charge in [-0.1, -0.05) is 214 Å². The molecule has 0 rings (SSSR count). The highest BCUT2D eigenvalue weighted by Gasteiger charge is 2.19. The van der Waals surface area contributed by atoms with E-state index in [2.05, 4.69) is 130 Å². The van der Waals surface area contributed by atoms with E-state index in [9.17, 15) is 14.4 Å². The number of ether oxygens (including phenoxy) is 3. The van der Waals surface area contributed by atoms with E-state index in [1.807, 2.05) is 0 Å². The molecule has 0 spiro atoms. The number of hydrogen-bond acceptors (Lipinski definition) is 6. The Morgan fingerprint density at radius 1 is 0.318 bits per heavy atom. The van der Waals surface area contributed by atoms with E-state index in [4.69, 9.17) is 14.2 Å². The standard InChI is InChI=1S/C60H98O6/c1-4-7-10-13-16-18-20-22-24-25-26-27-28-29-30-31-32-33-34-35-36-38-39-41-44-47-50-53-59(62)65-56-57(55-64-58(61)52-49-46-43-15-12-9-6-3)66-60(63)54-51-48-45-42-40-37-23-21-19-17-14-11-8-5-2/h7,10,16,18,21-24,26-27,29-30,32-33,35-36,39,41,57H,4-6,8-9,11-15,17,19-20,25,28,31,34,37-38,40,42-56H2,1-3H3/b10-7-,18-16-,23-21-,24-22-,27-26-,30-29-,33-32-,36-35-,41-39-. The second-order valence-electron chi connectivity index (χ2n) is 17.4. The highest BCUT2D eigenvalue weighted by atomic mass is 16.6. The van der Waals surface area contributed by atoms with E-state index >= 15 is 0 Å². The molecule has 6 heteroatoms. The maximum Gasteiger partial charge on any atom is 0.306 e. The number of carbonyl (C=O) groups is 3. The first-order valence-electron chi connectivity index (χ1n) is 26.9. The number of esters is 3. The molecular formula is C60H98O6. The average molecular weight is 915 g/mol. The zero-order valence-corrected chi connectivity index (χ0v) is 42.7. The topological polar surface area (TPSA) is 78.9 Å². The summed E-state index contributed by atoms with van der Waals surface area (Å²) in [6.45, 7) is 6.41. The minimum Gasteiger partial charge on any atom is -0.462 e. The third-order valence-corrected chi connectivity index (χ3v) is 11.0. The van der Waals surface area contributed by atoms with Crippen molar-refractivity contribution in [2.24, 2.45) is 0 Å². The Morgan fingerprint density at radius 2 is 0.591 bits per heavy atom. The summed E-state index contributed by atoms with van der Waals surface area (Å²) in [7, 11) is 0. The summed E-state index contributed by atoms with van der Waals surface area (Å²) in [5, 5.41) is 0. The molecule has 1 unspecified atom stereocenters. The number of rotatable bonds is 47. The van der Waals surface area contributed by atoms with Gasteiger partial charge >= 0.3 is 17.9 Å². The lowest BCUT2D eigenvalue weighted by Gasteiger charge is -2.18. The van der Waals surface area contributed by atoms with Crippen LogP contribution in [0.2, 0.25) is 0 Å². The van der Waals surface area contributed by atoms with Gasteiger partial charge in [0.2, 0.25) is 0 Å². The van der Waals surface area contributed by atoms with Crippen molar-refractivity contribution in [1.29, 1.82) is 0 Å². The van der Waals surface area contributed by atoms with Crippen LogP contribution in [-0.2, 0) is 28.6 Å². The summed E-state index contributed by atoms with van der Waals surface area (Å²) in [5.41, 5.74) is 0. The molecular weight excluding hydrogens is 817 g/mol. The molecule has 0 aliphatic rings. The minimum atomic E-state index is -0.798. The molecule has 0 aromatic rings. The molecule has 0 bridgehead atoms. The molecule has 0 aromatic heterocycles. The molecule has 374 valence electrons. The van der Waals surface area contributed by atoms with Crippen molar-refractivity contribution in [2.45, 2.75) is 239 Å². The molecule has 0 fully saturated rings. The molecule has 0 N–H and O–H groups in total. The zero-order valence-electron chi connectivity index (χ0n) is 42.7. The Bertz CT molecular complexity index is 1370. The molecule has 0 aliphatic carbocycles. The summed E-state index contributed by atoms with van der Waals surface area (Å²) in [6.07, 6.45) is 72.4. The molecule has 0 aromatic carbocycles. The fourth-order valence-electron chi connectivity index (χ4n) is 6.98. The van der Waals surface area contributed by atoms with Crippen LogP contribution < -0.4 is 0 Å². The van der Waals surface area contributed by atoms with Crippen LogP contribution in [0.3, 0.4) is 0 Å². The van der Waals surface area contributed by atoms with Gasteiger partial charge in [-0.25, -0.2) is 0 Å². The molecule has 0 amide bonds. The Morgan fingerprint density at radius 3 is 0.970 bits per heavy atom. The van der Waals surface area contributed by atoms with Crippen LogP contribution in [0.25, 0.3) is 0 Å². The van der Waals surface area contributed by atoms with Gasteiger partial charge in [0.05, 0.1) is 0 Å². The highest BCUT2D eigenvalue weighted by Crippen LogP contribution is 2.13. The zero-order chi connectivity index (χ0) is 47.9. The van der Waals surface area contributed by atoms with Crippen LogP contribution in [0.4, 0.5) is 0 Å². The third-order valence-electron chi connectivity index (χ3n) is 11.0. The number of unbranched alkanes of at least 4 members (excludes halogenated alkanes) is 18. The molecule has 0 saturated heterocycles. The van der Waals surface area contributed by atoms with Crippen LogP contribution >= 0.6 is 0 Å². The first-order valence-corrected chi connectivity index (χ1v) is 26.9. The summed E-state index contributed by atoms with van der Waals surface area (Å²) in [6, 6.07) is 0. The second-order valence-corrected chi connectivity index (χ2v) is 17.4. The normalized spacial score (nSPS) is 13.0. The highest BCUT2D eigenvalue weighted by molar-refractivity contribution is 5.71. The monoisotopic (exact) mass is 915 g/mol. The van der Waals surface area contributed by atoms with E-state index < -0.39 is 6.10 Å². The summed E-state index contributed by atoms with van der Waals surface area (Å²) >= 11 is 0. The van der Waals surface area contributed by atoms with Crippen LogP contribution in [0.5, 0.6) is 0 Å². The number of allylic oxidation sites excluding steroid dienone is 18. The quantitative estimate of drug-likeness (QED) is 0.0262. The van der Waals surface area contributed by atoms with E-state index in [1.54, 1.807) is 0 Å². The molecule has 66 heavy (non-hydrogen) atoms. The lowest BCUT2D eigenvalue weighted by molar-refractivity contribution is -0.167. The van der Waals surface area contributed by atoms with Crippen molar-refractivity contribution in [2.75, 3.05) is 13.2 Å². The first-order chi connectivity index (χ1) is 32.5. The first kappa shape index (κ1) is 62.1. The van der Waals surface area contributed by atoms with E-state index in [0.29, 0.717) is 19.3 Å². The van der Waals surface area contributed by atoms with Crippen molar-refractivity contribution < 1.29 is 28.6 Å². The smallest absolute Gasteiger partial charge is 0.306 e. The van der Waals surface area contributed by atoms with Gasteiger partial charge in [0.1, 0.15) is 13.2 Å². The Balaban J connectivity index is 4.31. The number of hydrogen-bond donors (Lipinski definition) is 0. The Hall–Kier alpha value is -3.93. The fourth-order valence-corrected chi connectivity index (χ4v) is 6.98. The van der Waals surface area contributed by atoms with Gasteiger partial charge in [-0.3, -0.25) is 14.4 Å². The molecule has 0 aliphatic heterocycles. The van der Waals surface area contributed by atoms with Gasteiger partial charge in [-0.2, -0.15) is 0 Å². The summed E-state index contributed by atoms with van der Waals surface area (Å²) in [5.74, 6) is -0.962. The van der Waals surface area contributed by atoms with E-state index in [0.717, 1.165) is 122 Å². The maximum atomic E-state index is 12.8. The van der Waals surface area contributed by atoms with E-state index in [1.165, 1.54) is 70.6 Å². The second kappa shape index (κ2) is 53.7. The third kappa shape index (κ3) is 51.1. The van der Waals surface area contributed by atoms with Crippen LogP contribution in [0, 0.1) is 0 Å². The maximum absolute atomic E-state index is 12.8. The minimum absolute atomic E-state index is 0.0960. The lowest BCUT2D eigenvalue weighted by atomic mass is 10.1. The van der Waals surface area contributed by atoms with Crippen LogP contribution in [0.1, 0.15) is 233 Å². The van der Waals surface area contributed by atoms with Crippen LogP contribution in [-0.4, -0.2) is 37.2 Å². The van der Waals surface area contributed by atoms with Crippen LogP contribution in [0.15, 0.2) is 109 Å². The molecule has 6 nitrogen and oxygen atoms in total. The molecule has 0 heterocycles. The fraction of sp³-hybridized carbons (Fsp3) is 0.650. The van der Waals surface area contributed by atoms with Crippen molar-refractivity contribution in [3.05, 3.63) is 109 Å². The van der Waals surface area contributed by atoms with Gasteiger partial charge in [-0.05, 0) is 109 Å². The predicted octanol–water partition coefficient (Wildman–Crippen LogP) is 17.9. The number of carbonyl (C=O) groups excluding carboxylic acids is 3. The summed E-state index contributed by atoms with van der Waals surface area (Å²) < 4.78 is 16.7. The molecule has 0 saturated carbocycles. The lowest BCUT2D eigenvalue weighted by Crippen LogP contribution is -2.30. The molecule has 1 atom stereocenters. The van der Waals surface area contributed by atoms with Crippen molar-refractivity contribution in [1.82, 2.24) is 0 Å². The summed E-state index contributed by atoms with van der Waals surface area (Å²) in [4.78, 5) is 37.8. The van der Waals surface area contributed by atoms with Crippen molar-refractivity contribution in [3.8, 4) is 0 Å². The van der Waals surface area contributed by atoms with Gasteiger partial charge in [-0.15, -0.1) is 0 Å². The SMILES string of the molecule is CC/C=C\C/C=C\C/C=C\C/C=C\C/C=C\C/C=C\C/C=C\C/C=C\CCCCC(=O)OCC(COC(=O)CCCCCCCCC)OC(=O)CCCCCCC/C=C\CCCCCCC. The average Bonchev–Trinajstić information content (AvgIpc) is 3.31. The van der Waals surface area contributed by atoms with Crippen molar-refractivity contribution in [3.63, 3.8) is 0 Å². The molecule has 0 radical (unpaired) electrons. The van der Waals surface area contributed by atoms with E-state index in [-0.39, 0.29) is 31.1 Å². The van der Waals surface area contributed by atoms with Gasteiger partial charge in [0.25, 0.3) is 0 Å². The van der Waals surface area contributed by atoms with Gasteiger partial charge in [0.15, 0.2) is 6.10 Å². The Labute approximate surface area is 406 Å². The van der Waals surface area contributed by atoms with Gasteiger partial charge in [0, 0.05) is 19.3 Å². The van der Waals surface area contributed by atoms with Gasteiger partial charge < -0.3 is 14.2 Å². The van der Waals surface area contributed by atoms with Crippen molar-refractivity contribution >= 4 is 17.9 Å². The Kier molecular flexibility index (Phi) is 50.5. The predicted molar refractivity (Wildman–Crippen MR) is 283 cm³/mol. The largest absolute Gasteiger partial charge is 0.462 e.